The van der Waals surface area contributed by atoms with E-state index in [0.717, 1.165) is 18.8 Å². The van der Waals surface area contributed by atoms with E-state index in [1.54, 1.807) is 0 Å². The van der Waals surface area contributed by atoms with E-state index in [9.17, 15) is 5.21 Å². The van der Waals surface area contributed by atoms with Gasteiger partial charge >= 0.3 is 0 Å². The van der Waals surface area contributed by atoms with Crippen LogP contribution in [0.15, 0.2) is 5.28 Å². The highest BCUT2D eigenvalue weighted by molar-refractivity contribution is 4.49. The first-order valence-electron chi connectivity index (χ1n) is 7.46. The first kappa shape index (κ1) is 17.2. The molecule has 0 aromatic rings. The van der Waals surface area contributed by atoms with Crippen LogP contribution in [-0.2, 0) is 0 Å². The van der Waals surface area contributed by atoms with Crippen LogP contribution in [0.5, 0.6) is 0 Å². The smallest absolute Gasteiger partial charge is 0.197 e. The topological polar surface area (TPSA) is 58.7 Å². The minimum absolute atomic E-state index is 0.311. The van der Waals surface area contributed by atoms with Crippen LogP contribution < -0.4 is 0 Å². The van der Waals surface area contributed by atoms with Gasteiger partial charge in [-0.1, -0.05) is 70.1 Å². The Morgan fingerprint density at radius 3 is 1.78 bits per heavy atom. The van der Waals surface area contributed by atoms with E-state index in [2.05, 4.69) is 19.1 Å². The van der Waals surface area contributed by atoms with Gasteiger partial charge in [-0.05, 0) is 12.3 Å². The zero-order valence-corrected chi connectivity index (χ0v) is 12.1. The van der Waals surface area contributed by atoms with Crippen molar-refractivity contribution in [3.8, 4) is 0 Å². The molecular formula is C14H30N2O2. The molecule has 0 unspecified atom stereocenters. The number of hydrogen-bond acceptors (Lipinski definition) is 2. The maximum absolute atomic E-state index is 10.6. The van der Waals surface area contributed by atoms with E-state index >= 15 is 0 Å². The lowest BCUT2D eigenvalue weighted by Crippen LogP contribution is -2.01. The van der Waals surface area contributed by atoms with Crippen molar-refractivity contribution in [3.05, 3.63) is 5.21 Å². The Morgan fingerprint density at radius 1 is 0.889 bits per heavy atom. The van der Waals surface area contributed by atoms with Crippen molar-refractivity contribution >= 4 is 0 Å². The van der Waals surface area contributed by atoms with Gasteiger partial charge in [0.2, 0.25) is 0 Å². The Bertz CT molecular complexity index is 206. The molecular weight excluding hydrogens is 228 g/mol. The summed E-state index contributed by atoms with van der Waals surface area (Å²) < 4.78 is 0. The third-order valence-corrected chi connectivity index (χ3v) is 3.23. The zero-order valence-electron chi connectivity index (χ0n) is 12.1. The summed E-state index contributed by atoms with van der Waals surface area (Å²) in [5.41, 5.74) is 0. The Labute approximate surface area is 112 Å². The highest BCUT2D eigenvalue weighted by atomic mass is 16.6. The summed E-state index contributed by atoms with van der Waals surface area (Å²) in [6.45, 7) is 4.88. The number of rotatable bonds is 12. The number of hydrogen-bond donors (Lipinski definition) is 1. The molecule has 0 aliphatic carbocycles. The van der Waals surface area contributed by atoms with Crippen molar-refractivity contribution in [1.82, 2.24) is 0 Å². The van der Waals surface area contributed by atoms with Gasteiger partial charge in [-0.15, -0.1) is 0 Å². The summed E-state index contributed by atoms with van der Waals surface area (Å²) in [6, 6.07) is 0. The van der Waals surface area contributed by atoms with Gasteiger partial charge in [0, 0.05) is 6.42 Å². The van der Waals surface area contributed by atoms with Gasteiger partial charge in [-0.3, -0.25) is 0 Å². The van der Waals surface area contributed by atoms with Crippen molar-refractivity contribution in [2.75, 3.05) is 6.54 Å². The number of nitrogens with zero attached hydrogens (tertiary/aromatic N) is 2. The van der Waals surface area contributed by atoms with Crippen LogP contribution in [0, 0.1) is 11.1 Å². The molecule has 0 amide bonds. The van der Waals surface area contributed by atoms with Gasteiger partial charge < -0.3 is 10.4 Å². The molecule has 0 atom stereocenters. The van der Waals surface area contributed by atoms with Gasteiger partial charge in [0.15, 0.2) is 11.8 Å². The summed E-state index contributed by atoms with van der Waals surface area (Å²) in [7, 11) is 0. The SMILES string of the molecule is CC(C)CCCCCCCCCCC/[N+]([O-])=N\O. The molecule has 0 spiro atoms. The third-order valence-electron chi connectivity index (χ3n) is 3.23. The van der Waals surface area contributed by atoms with Crippen LogP contribution in [0.1, 0.15) is 78.1 Å². The highest BCUT2D eigenvalue weighted by Crippen LogP contribution is 2.12. The molecule has 4 nitrogen and oxygen atoms in total. The van der Waals surface area contributed by atoms with Gasteiger partial charge in [0.25, 0.3) is 0 Å². The van der Waals surface area contributed by atoms with Crippen LogP contribution >= 0.6 is 0 Å². The van der Waals surface area contributed by atoms with Crippen molar-refractivity contribution in [2.24, 2.45) is 11.2 Å². The predicted octanol–water partition coefficient (Wildman–Crippen LogP) is 4.90. The molecule has 4 heteroatoms. The second-order valence-electron chi connectivity index (χ2n) is 5.53. The van der Waals surface area contributed by atoms with Crippen molar-refractivity contribution in [2.45, 2.75) is 78.1 Å². The molecule has 1 N–H and O–H groups in total. The Balaban J connectivity index is 3.03. The van der Waals surface area contributed by atoms with E-state index in [4.69, 9.17) is 5.21 Å². The monoisotopic (exact) mass is 258 g/mol. The summed E-state index contributed by atoms with van der Waals surface area (Å²) in [4.78, 5) is 0.342. The third kappa shape index (κ3) is 13.3. The minimum Gasteiger partial charge on any atom is -0.597 e. The van der Waals surface area contributed by atoms with Crippen LogP contribution in [0.25, 0.3) is 0 Å². The van der Waals surface area contributed by atoms with Crippen LogP contribution in [0.2, 0.25) is 0 Å². The molecule has 0 heterocycles. The lowest BCUT2D eigenvalue weighted by Gasteiger charge is -2.04. The molecule has 0 radical (unpaired) electrons. The molecule has 0 saturated heterocycles. The summed E-state index contributed by atoms with van der Waals surface area (Å²) in [5.74, 6) is 0.844. The fraction of sp³-hybridized carbons (Fsp3) is 1.00. The molecule has 0 fully saturated rings. The van der Waals surface area contributed by atoms with Crippen LogP contribution in [-0.4, -0.2) is 16.6 Å². The maximum atomic E-state index is 10.6. The summed E-state index contributed by atoms with van der Waals surface area (Å²) in [6.07, 6.45) is 12.5. The first-order valence-corrected chi connectivity index (χ1v) is 7.46. The minimum atomic E-state index is 0.311. The second kappa shape index (κ2) is 12.7. The average molecular weight is 258 g/mol. The summed E-state index contributed by atoms with van der Waals surface area (Å²) in [5, 5.41) is 21.3. The van der Waals surface area contributed by atoms with E-state index in [-0.39, 0.29) is 0 Å². The standard InChI is InChI=1S/C14H30N2O2/c1-14(2)12-10-8-6-4-3-5-7-9-11-13-16(18)15-17/h14,17H,3-13H2,1-2H3/b16-15+. The Hall–Kier alpha value is -0.800. The van der Waals surface area contributed by atoms with Gasteiger partial charge in [-0.2, -0.15) is 0 Å². The van der Waals surface area contributed by atoms with Gasteiger partial charge in [0.1, 0.15) is 0 Å². The zero-order chi connectivity index (χ0) is 13.6. The van der Waals surface area contributed by atoms with Crippen molar-refractivity contribution in [3.63, 3.8) is 0 Å². The fourth-order valence-electron chi connectivity index (χ4n) is 2.08. The van der Waals surface area contributed by atoms with Gasteiger partial charge in [-0.25, -0.2) is 0 Å². The molecule has 0 rings (SSSR count). The Kier molecular flexibility index (Phi) is 12.1. The largest absolute Gasteiger partial charge is 0.597 e. The van der Waals surface area contributed by atoms with Crippen molar-refractivity contribution in [1.29, 1.82) is 0 Å². The normalized spacial score (nSPS) is 12.3. The van der Waals surface area contributed by atoms with Crippen molar-refractivity contribution < 1.29 is 10.1 Å². The summed E-state index contributed by atoms with van der Waals surface area (Å²) >= 11 is 0. The van der Waals surface area contributed by atoms with Crippen LogP contribution in [0.3, 0.4) is 0 Å². The molecule has 0 bridgehead atoms. The molecule has 0 saturated carbocycles. The lowest BCUT2D eigenvalue weighted by atomic mass is 10.0. The predicted molar refractivity (Wildman–Crippen MR) is 73.7 cm³/mol. The molecule has 0 aliphatic rings. The average Bonchev–Trinajstić information content (AvgIpc) is 2.35. The van der Waals surface area contributed by atoms with E-state index in [0.29, 0.717) is 11.4 Å². The maximum Gasteiger partial charge on any atom is 0.197 e. The molecule has 0 aromatic carbocycles. The first-order chi connectivity index (χ1) is 8.66. The van der Waals surface area contributed by atoms with Crippen LogP contribution in [0.4, 0.5) is 0 Å². The van der Waals surface area contributed by atoms with E-state index < -0.39 is 0 Å². The Morgan fingerprint density at radius 2 is 1.33 bits per heavy atom. The van der Waals surface area contributed by atoms with E-state index in [1.165, 1.54) is 51.4 Å². The quantitative estimate of drug-likeness (QED) is 0.234. The second-order valence-corrected chi connectivity index (χ2v) is 5.53. The number of unbranched alkanes of at least 4 members (excludes halogenated alkanes) is 8. The molecule has 18 heavy (non-hydrogen) atoms. The fourth-order valence-corrected chi connectivity index (χ4v) is 2.08. The molecule has 0 aliphatic heterocycles. The number of hydroxylamine groups is 1. The molecule has 108 valence electrons. The molecule has 0 aromatic heterocycles. The van der Waals surface area contributed by atoms with Gasteiger partial charge in [0.05, 0.1) is 0 Å². The highest BCUT2D eigenvalue weighted by Gasteiger charge is 1.97. The lowest BCUT2D eigenvalue weighted by molar-refractivity contribution is -0.556. The van der Waals surface area contributed by atoms with E-state index in [1.807, 2.05) is 0 Å².